The van der Waals surface area contributed by atoms with E-state index in [0.29, 0.717) is 0 Å². The number of rotatable bonds is 8. The number of aliphatic imine (C=N–C) groups is 1. The van der Waals surface area contributed by atoms with Crippen molar-refractivity contribution in [3.63, 3.8) is 0 Å². The van der Waals surface area contributed by atoms with Crippen molar-refractivity contribution in [2.45, 2.75) is 32.9 Å². The van der Waals surface area contributed by atoms with Crippen LogP contribution in [-0.2, 0) is 13.1 Å². The molecule has 0 atom stereocenters. The minimum Gasteiger partial charge on any atom is -0.356 e. The lowest BCUT2D eigenvalue weighted by Gasteiger charge is -2.11. The zero-order chi connectivity index (χ0) is 15.6. The summed E-state index contributed by atoms with van der Waals surface area (Å²) in [5.41, 5.74) is 1.20. The van der Waals surface area contributed by atoms with E-state index in [4.69, 9.17) is 0 Å². The fourth-order valence-electron chi connectivity index (χ4n) is 2.14. The van der Waals surface area contributed by atoms with Gasteiger partial charge in [-0.2, -0.15) is 10.2 Å². The van der Waals surface area contributed by atoms with Crippen molar-refractivity contribution in [3.8, 4) is 0 Å². The molecule has 0 fully saturated rings. The predicted molar refractivity (Wildman–Crippen MR) is 87.8 cm³/mol. The molecule has 7 heteroatoms. The van der Waals surface area contributed by atoms with Gasteiger partial charge in [0.25, 0.3) is 0 Å². The number of aryl methyl sites for hydroxylation is 3. The predicted octanol–water partition coefficient (Wildman–Crippen LogP) is 1.03. The van der Waals surface area contributed by atoms with Crippen LogP contribution in [0.15, 0.2) is 35.8 Å². The van der Waals surface area contributed by atoms with Crippen molar-refractivity contribution < 1.29 is 0 Å². The van der Waals surface area contributed by atoms with Gasteiger partial charge in [-0.1, -0.05) is 0 Å². The SMILES string of the molecule is CN=C(NCCCn1cccn1)NCCCn1cc(C)cn1. The van der Waals surface area contributed by atoms with Crippen molar-refractivity contribution in [2.75, 3.05) is 20.1 Å². The minimum atomic E-state index is 0.845. The quantitative estimate of drug-likeness (QED) is 0.434. The summed E-state index contributed by atoms with van der Waals surface area (Å²) in [4.78, 5) is 4.22. The molecule has 0 amide bonds. The maximum absolute atomic E-state index is 4.27. The van der Waals surface area contributed by atoms with Crippen LogP contribution >= 0.6 is 0 Å². The highest BCUT2D eigenvalue weighted by Crippen LogP contribution is 1.95. The van der Waals surface area contributed by atoms with Crippen LogP contribution in [0.3, 0.4) is 0 Å². The van der Waals surface area contributed by atoms with Gasteiger partial charge < -0.3 is 10.6 Å². The van der Waals surface area contributed by atoms with Gasteiger partial charge in [0.05, 0.1) is 6.20 Å². The molecular formula is C15H25N7. The Morgan fingerprint density at radius 3 is 2.41 bits per heavy atom. The maximum atomic E-state index is 4.27. The third-order valence-electron chi connectivity index (χ3n) is 3.26. The van der Waals surface area contributed by atoms with Gasteiger partial charge in [0.2, 0.25) is 0 Å². The first kappa shape index (κ1) is 16.1. The van der Waals surface area contributed by atoms with Gasteiger partial charge in [-0.05, 0) is 31.4 Å². The third kappa shape index (κ3) is 5.59. The lowest BCUT2D eigenvalue weighted by molar-refractivity contribution is 0.560. The maximum Gasteiger partial charge on any atom is 0.190 e. The zero-order valence-electron chi connectivity index (χ0n) is 13.4. The van der Waals surface area contributed by atoms with E-state index >= 15 is 0 Å². The second-order valence-electron chi connectivity index (χ2n) is 5.18. The first-order chi connectivity index (χ1) is 10.8. The molecule has 0 aliphatic rings. The highest BCUT2D eigenvalue weighted by atomic mass is 15.3. The largest absolute Gasteiger partial charge is 0.356 e. The van der Waals surface area contributed by atoms with Crippen molar-refractivity contribution in [1.29, 1.82) is 0 Å². The lowest BCUT2D eigenvalue weighted by atomic mass is 10.4. The zero-order valence-corrected chi connectivity index (χ0v) is 13.4. The Labute approximate surface area is 131 Å². The van der Waals surface area contributed by atoms with Gasteiger partial charge in [-0.3, -0.25) is 14.4 Å². The Hall–Kier alpha value is -2.31. The van der Waals surface area contributed by atoms with E-state index in [2.05, 4.69) is 38.9 Å². The van der Waals surface area contributed by atoms with Gasteiger partial charge in [0.1, 0.15) is 0 Å². The molecule has 22 heavy (non-hydrogen) atoms. The average Bonchev–Trinajstić information content (AvgIpc) is 3.17. The van der Waals surface area contributed by atoms with E-state index in [1.165, 1.54) is 5.56 Å². The Morgan fingerprint density at radius 1 is 1.14 bits per heavy atom. The van der Waals surface area contributed by atoms with Crippen LogP contribution in [0.4, 0.5) is 0 Å². The van der Waals surface area contributed by atoms with E-state index in [9.17, 15) is 0 Å². The Morgan fingerprint density at radius 2 is 1.86 bits per heavy atom. The van der Waals surface area contributed by atoms with Crippen molar-refractivity contribution in [3.05, 3.63) is 36.4 Å². The van der Waals surface area contributed by atoms with Crippen molar-refractivity contribution >= 4 is 5.96 Å². The summed E-state index contributed by atoms with van der Waals surface area (Å²) in [7, 11) is 1.79. The number of guanidine groups is 1. The molecule has 0 spiro atoms. The van der Waals surface area contributed by atoms with Crippen LogP contribution < -0.4 is 10.6 Å². The first-order valence-corrected chi connectivity index (χ1v) is 7.69. The summed E-state index contributed by atoms with van der Waals surface area (Å²) in [6.07, 6.45) is 9.74. The molecule has 0 saturated heterocycles. The average molecular weight is 303 g/mol. The first-order valence-electron chi connectivity index (χ1n) is 7.69. The van der Waals surface area contributed by atoms with Gasteiger partial charge in [-0.15, -0.1) is 0 Å². The molecule has 2 aromatic heterocycles. The molecule has 0 aliphatic carbocycles. The molecule has 0 radical (unpaired) electrons. The third-order valence-corrected chi connectivity index (χ3v) is 3.26. The van der Waals surface area contributed by atoms with Crippen molar-refractivity contribution in [1.82, 2.24) is 30.2 Å². The van der Waals surface area contributed by atoms with Crippen LogP contribution in [0, 0.1) is 6.92 Å². The van der Waals surface area contributed by atoms with Crippen LogP contribution in [0.1, 0.15) is 18.4 Å². The lowest BCUT2D eigenvalue weighted by Crippen LogP contribution is -2.38. The molecule has 0 aromatic carbocycles. The number of nitrogens with one attached hydrogen (secondary N) is 2. The summed E-state index contributed by atoms with van der Waals surface area (Å²) in [5.74, 6) is 0.845. The summed E-state index contributed by atoms with van der Waals surface area (Å²) in [6, 6.07) is 1.94. The molecule has 120 valence electrons. The summed E-state index contributed by atoms with van der Waals surface area (Å²) >= 11 is 0. The normalized spacial score (nSPS) is 11.6. The van der Waals surface area contributed by atoms with E-state index in [0.717, 1.165) is 45.0 Å². The molecule has 2 heterocycles. The van der Waals surface area contributed by atoms with E-state index in [1.54, 1.807) is 13.2 Å². The highest BCUT2D eigenvalue weighted by molar-refractivity contribution is 5.79. The van der Waals surface area contributed by atoms with E-state index < -0.39 is 0 Å². The molecule has 2 aromatic rings. The van der Waals surface area contributed by atoms with Crippen LogP contribution in [0.2, 0.25) is 0 Å². The molecule has 0 saturated carbocycles. The monoisotopic (exact) mass is 303 g/mol. The summed E-state index contributed by atoms with van der Waals surface area (Å²) < 4.78 is 3.90. The Bertz CT molecular complexity index is 556. The standard InChI is InChI=1S/C15H25N7/c1-14-12-20-22(13-14)11-4-7-18-15(16-2)17-6-3-9-21-10-5-8-19-21/h5,8,10,12-13H,3-4,6-7,9,11H2,1-2H3,(H2,16,17,18). The molecule has 0 aliphatic heterocycles. The van der Waals surface area contributed by atoms with Gasteiger partial charge in [0, 0.05) is 51.8 Å². The smallest absolute Gasteiger partial charge is 0.190 e. The van der Waals surface area contributed by atoms with Gasteiger partial charge in [-0.25, -0.2) is 0 Å². The number of nitrogens with zero attached hydrogens (tertiary/aromatic N) is 5. The molecule has 2 rings (SSSR count). The summed E-state index contributed by atoms with van der Waals surface area (Å²) in [6.45, 7) is 5.62. The Kier molecular flexibility index (Phi) is 6.47. The molecule has 2 N–H and O–H groups in total. The fraction of sp³-hybridized carbons (Fsp3) is 0.533. The number of hydrogen-bond donors (Lipinski definition) is 2. The van der Waals surface area contributed by atoms with Gasteiger partial charge in [0.15, 0.2) is 5.96 Å². The van der Waals surface area contributed by atoms with Crippen LogP contribution in [0.5, 0.6) is 0 Å². The molecule has 7 nitrogen and oxygen atoms in total. The molecule has 0 bridgehead atoms. The number of hydrogen-bond acceptors (Lipinski definition) is 3. The number of aromatic nitrogens is 4. The van der Waals surface area contributed by atoms with E-state index in [-0.39, 0.29) is 0 Å². The minimum absolute atomic E-state index is 0.845. The highest BCUT2D eigenvalue weighted by Gasteiger charge is 1.98. The topological polar surface area (TPSA) is 72.1 Å². The van der Waals surface area contributed by atoms with Crippen molar-refractivity contribution in [2.24, 2.45) is 4.99 Å². The molecule has 0 unspecified atom stereocenters. The summed E-state index contributed by atoms with van der Waals surface area (Å²) in [5, 5.41) is 15.1. The van der Waals surface area contributed by atoms with Crippen LogP contribution in [0.25, 0.3) is 0 Å². The second-order valence-corrected chi connectivity index (χ2v) is 5.18. The van der Waals surface area contributed by atoms with E-state index in [1.807, 2.05) is 27.8 Å². The fourth-order valence-corrected chi connectivity index (χ4v) is 2.14. The molecular weight excluding hydrogens is 278 g/mol. The van der Waals surface area contributed by atoms with Gasteiger partial charge >= 0.3 is 0 Å². The van der Waals surface area contributed by atoms with Crippen LogP contribution in [-0.4, -0.2) is 45.7 Å². The Balaban J connectivity index is 1.55. The second kappa shape index (κ2) is 8.86.